The average Bonchev–Trinajstić information content (AvgIpc) is 3.04. The van der Waals surface area contributed by atoms with Gasteiger partial charge < -0.3 is 9.47 Å². The molecule has 44 heavy (non-hydrogen) atoms. The van der Waals surface area contributed by atoms with Gasteiger partial charge in [-0.2, -0.15) is 9.41 Å². The van der Waals surface area contributed by atoms with Gasteiger partial charge in [-0.3, -0.25) is 15.5 Å². The molecule has 0 amide bonds. The van der Waals surface area contributed by atoms with Crippen LogP contribution >= 0.6 is 0 Å². The Kier molecular flexibility index (Phi) is 11.0. The molecule has 0 unspecified atom stereocenters. The highest BCUT2D eigenvalue weighted by atomic mass is 32.2. The SMILES string of the molecule is C=CCN(CC=C)S(=O)(=O)c1cc([N+](=O)[O-])ccc1N/N=C\c1ccc(OCc2ccccc2)cc1OCc1ccccc1. The molecule has 0 aliphatic carbocycles. The van der Waals surface area contributed by atoms with E-state index in [1.807, 2.05) is 60.7 Å². The summed E-state index contributed by atoms with van der Waals surface area (Å²) in [5.74, 6) is 1.08. The molecule has 0 aliphatic heterocycles. The van der Waals surface area contributed by atoms with Crippen LogP contribution in [0.5, 0.6) is 11.5 Å². The van der Waals surface area contributed by atoms with Crippen molar-refractivity contribution < 1.29 is 22.8 Å². The predicted octanol–water partition coefficient (Wildman–Crippen LogP) is 6.56. The minimum Gasteiger partial charge on any atom is -0.489 e. The normalized spacial score (nSPS) is 11.3. The van der Waals surface area contributed by atoms with E-state index >= 15 is 0 Å². The summed E-state index contributed by atoms with van der Waals surface area (Å²) in [7, 11) is -4.18. The Labute approximate surface area is 256 Å². The van der Waals surface area contributed by atoms with Gasteiger partial charge in [0.15, 0.2) is 0 Å². The first-order chi connectivity index (χ1) is 21.3. The molecule has 1 N–H and O–H groups in total. The average molecular weight is 613 g/mol. The molecular formula is C33H32N4O6S. The highest BCUT2D eigenvalue weighted by Gasteiger charge is 2.28. The van der Waals surface area contributed by atoms with Crippen molar-refractivity contribution in [3.63, 3.8) is 0 Å². The molecule has 0 bridgehead atoms. The van der Waals surface area contributed by atoms with Gasteiger partial charge in [0.1, 0.15) is 29.6 Å². The number of nitrogens with zero attached hydrogens (tertiary/aromatic N) is 3. The minimum absolute atomic E-state index is 0.0133. The van der Waals surface area contributed by atoms with Crippen molar-refractivity contribution in [3.8, 4) is 11.5 Å². The van der Waals surface area contributed by atoms with Gasteiger partial charge >= 0.3 is 0 Å². The van der Waals surface area contributed by atoms with Crippen molar-refractivity contribution in [2.75, 3.05) is 18.5 Å². The number of hydrogen-bond acceptors (Lipinski definition) is 8. The third-order valence-corrected chi connectivity index (χ3v) is 8.19. The summed E-state index contributed by atoms with van der Waals surface area (Å²) in [5.41, 5.74) is 4.99. The van der Waals surface area contributed by atoms with Gasteiger partial charge in [-0.1, -0.05) is 72.8 Å². The number of rotatable bonds is 16. The number of benzene rings is 4. The zero-order valence-electron chi connectivity index (χ0n) is 23.9. The standard InChI is InChI=1S/C33H32N4O6S/c1-3-19-36(20-4-2)44(40,41)33-21-29(37(38)39)16-18-31(33)35-34-23-28-15-17-30(42-24-26-11-7-5-8-12-26)22-32(28)43-25-27-13-9-6-10-14-27/h3-18,21-23,35H,1-2,19-20,24-25H2/b34-23-. The Morgan fingerprint density at radius 2 is 1.45 bits per heavy atom. The van der Waals surface area contributed by atoms with Gasteiger partial charge in [-0.05, 0) is 29.3 Å². The molecule has 4 rings (SSSR count). The van der Waals surface area contributed by atoms with Gasteiger partial charge in [0.2, 0.25) is 10.0 Å². The zero-order chi connectivity index (χ0) is 31.4. The van der Waals surface area contributed by atoms with Gasteiger partial charge in [-0.25, -0.2) is 8.42 Å². The lowest BCUT2D eigenvalue weighted by Gasteiger charge is -2.20. The first kappa shape index (κ1) is 31.7. The molecule has 0 saturated carbocycles. The van der Waals surface area contributed by atoms with E-state index in [2.05, 4.69) is 23.7 Å². The molecule has 4 aromatic rings. The molecular weight excluding hydrogens is 580 g/mol. The summed E-state index contributed by atoms with van der Waals surface area (Å²) in [4.78, 5) is 10.5. The largest absolute Gasteiger partial charge is 0.489 e. The van der Waals surface area contributed by atoms with Crippen LogP contribution in [0.25, 0.3) is 0 Å². The van der Waals surface area contributed by atoms with Crippen LogP contribution in [0.1, 0.15) is 16.7 Å². The molecule has 0 aliphatic rings. The van der Waals surface area contributed by atoms with Gasteiger partial charge in [0, 0.05) is 36.9 Å². The molecule has 0 saturated heterocycles. The second-order valence-electron chi connectivity index (χ2n) is 9.46. The maximum Gasteiger partial charge on any atom is 0.270 e. The molecule has 0 atom stereocenters. The number of nitro groups is 1. The minimum atomic E-state index is -4.18. The number of ether oxygens (including phenoxy) is 2. The van der Waals surface area contributed by atoms with E-state index in [9.17, 15) is 18.5 Å². The highest BCUT2D eigenvalue weighted by molar-refractivity contribution is 7.89. The van der Waals surface area contributed by atoms with E-state index in [0.29, 0.717) is 30.3 Å². The quantitative estimate of drug-likeness (QED) is 0.0658. The first-order valence-corrected chi connectivity index (χ1v) is 15.0. The smallest absolute Gasteiger partial charge is 0.270 e. The third kappa shape index (κ3) is 8.40. The molecule has 4 aromatic carbocycles. The summed E-state index contributed by atoms with van der Waals surface area (Å²) in [6.07, 6.45) is 4.33. The van der Waals surface area contributed by atoms with Crippen LogP contribution in [0.15, 0.2) is 132 Å². The Hall–Kier alpha value is -5.26. The second kappa shape index (κ2) is 15.3. The number of nitro benzene ring substituents is 1. The van der Waals surface area contributed by atoms with Crippen LogP contribution in [0, 0.1) is 10.1 Å². The van der Waals surface area contributed by atoms with Crippen LogP contribution in [-0.4, -0.2) is 37.0 Å². The van der Waals surface area contributed by atoms with E-state index in [0.717, 1.165) is 21.5 Å². The summed E-state index contributed by atoms with van der Waals surface area (Å²) in [5, 5.41) is 15.7. The van der Waals surface area contributed by atoms with Gasteiger partial charge in [0.25, 0.3) is 5.69 Å². The lowest BCUT2D eigenvalue weighted by atomic mass is 10.2. The molecule has 0 aromatic heterocycles. The predicted molar refractivity (Wildman–Crippen MR) is 171 cm³/mol. The summed E-state index contributed by atoms with van der Waals surface area (Å²) < 4.78 is 40.2. The van der Waals surface area contributed by atoms with Crippen molar-refractivity contribution in [3.05, 3.63) is 149 Å². The lowest BCUT2D eigenvalue weighted by molar-refractivity contribution is -0.385. The summed E-state index contributed by atoms with van der Waals surface area (Å²) in [6, 6.07) is 28.3. The zero-order valence-corrected chi connectivity index (χ0v) is 24.7. The van der Waals surface area contributed by atoms with Crippen LogP contribution in [0.3, 0.4) is 0 Å². The third-order valence-electron chi connectivity index (χ3n) is 6.32. The summed E-state index contributed by atoms with van der Waals surface area (Å²) in [6.45, 7) is 7.86. The Balaban J connectivity index is 1.62. The van der Waals surface area contributed by atoms with Crippen molar-refractivity contribution >= 4 is 27.6 Å². The highest BCUT2D eigenvalue weighted by Crippen LogP contribution is 2.30. The fourth-order valence-corrected chi connectivity index (χ4v) is 5.65. The van der Waals surface area contributed by atoms with E-state index < -0.39 is 14.9 Å². The van der Waals surface area contributed by atoms with Crippen molar-refractivity contribution in [2.45, 2.75) is 18.1 Å². The lowest BCUT2D eigenvalue weighted by Crippen LogP contribution is -2.31. The number of sulfonamides is 1. The van der Waals surface area contributed by atoms with Crippen molar-refractivity contribution in [1.82, 2.24) is 4.31 Å². The van der Waals surface area contributed by atoms with Crippen LogP contribution < -0.4 is 14.9 Å². The molecule has 0 fully saturated rings. The number of hydrogen-bond donors (Lipinski definition) is 1. The second-order valence-corrected chi connectivity index (χ2v) is 11.4. The van der Waals surface area contributed by atoms with E-state index in [1.165, 1.54) is 30.5 Å². The number of non-ortho nitro benzene ring substituents is 1. The van der Waals surface area contributed by atoms with Crippen LogP contribution in [0.4, 0.5) is 11.4 Å². The monoisotopic (exact) mass is 612 g/mol. The van der Waals surface area contributed by atoms with Crippen LogP contribution in [0.2, 0.25) is 0 Å². The van der Waals surface area contributed by atoms with E-state index in [4.69, 9.17) is 9.47 Å². The first-order valence-electron chi connectivity index (χ1n) is 13.6. The fraction of sp³-hybridized carbons (Fsp3) is 0.121. The van der Waals surface area contributed by atoms with E-state index in [1.54, 1.807) is 18.2 Å². The Bertz CT molecular complexity index is 1720. The van der Waals surface area contributed by atoms with Gasteiger partial charge in [0.05, 0.1) is 16.8 Å². The number of nitrogens with one attached hydrogen (secondary N) is 1. The van der Waals surface area contributed by atoms with Crippen molar-refractivity contribution in [1.29, 1.82) is 0 Å². The molecule has 0 spiro atoms. The Morgan fingerprint density at radius 3 is 2.05 bits per heavy atom. The maximum absolute atomic E-state index is 13.5. The summed E-state index contributed by atoms with van der Waals surface area (Å²) >= 11 is 0. The molecule has 10 nitrogen and oxygen atoms in total. The molecule has 226 valence electrons. The maximum atomic E-state index is 13.5. The molecule has 0 radical (unpaired) electrons. The topological polar surface area (TPSA) is 123 Å². The van der Waals surface area contributed by atoms with Crippen molar-refractivity contribution in [2.24, 2.45) is 5.10 Å². The van der Waals surface area contributed by atoms with Gasteiger partial charge in [-0.15, -0.1) is 13.2 Å². The van der Waals surface area contributed by atoms with Crippen LogP contribution in [-0.2, 0) is 23.2 Å². The molecule has 0 heterocycles. The number of hydrazone groups is 1. The fourth-order valence-electron chi connectivity index (χ4n) is 4.11. The van der Waals surface area contributed by atoms with E-state index in [-0.39, 0.29) is 29.4 Å². The molecule has 11 heteroatoms. The Morgan fingerprint density at radius 1 is 0.841 bits per heavy atom. The number of anilines is 1.